The zero-order valence-electron chi connectivity index (χ0n) is 14.7. The first-order valence-corrected chi connectivity index (χ1v) is 8.75. The van der Waals surface area contributed by atoms with Gasteiger partial charge in [-0.1, -0.05) is 36.4 Å². The average Bonchev–Trinajstić information content (AvgIpc) is 2.73. The number of carbonyl (C=O) groups excluding carboxylic acids is 1. The Bertz CT molecular complexity index is 926. The van der Waals surface area contributed by atoms with Crippen molar-refractivity contribution >= 4 is 23.2 Å². The highest BCUT2D eigenvalue weighted by molar-refractivity contribution is 6.04. The highest BCUT2D eigenvalue weighted by atomic mass is 16.2. The highest BCUT2D eigenvalue weighted by Gasteiger charge is 2.22. The molecule has 0 aliphatic carbocycles. The Labute approximate surface area is 152 Å². The van der Waals surface area contributed by atoms with E-state index in [9.17, 15) is 4.79 Å². The van der Waals surface area contributed by atoms with Crippen molar-refractivity contribution in [2.45, 2.75) is 12.8 Å². The molecule has 1 aliphatic rings. The molecule has 0 N–H and O–H groups in total. The molecule has 0 radical (unpaired) electrons. The van der Waals surface area contributed by atoms with Gasteiger partial charge in [0.05, 0.1) is 0 Å². The third kappa shape index (κ3) is 3.04. The molecular formula is C21H20N4O. The van der Waals surface area contributed by atoms with Crippen LogP contribution in [0.25, 0.3) is 0 Å². The van der Waals surface area contributed by atoms with Crippen LogP contribution in [0.5, 0.6) is 0 Å². The molecule has 1 aliphatic heterocycles. The molecule has 1 amide bonds. The van der Waals surface area contributed by atoms with Crippen molar-refractivity contribution in [1.29, 1.82) is 0 Å². The Hall–Kier alpha value is -3.21. The molecule has 3 aromatic rings. The van der Waals surface area contributed by atoms with Crippen LogP contribution in [0.15, 0.2) is 66.9 Å². The minimum atomic E-state index is -0.148. The fourth-order valence-electron chi connectivity index (χ4n) is 3.28. The van der Waals surface area contributed by atoms with Crippen molar-refractivity contribution in [2.75, 3.05) is 23.4 Å². The lowest BCUT2D eigenvalue weighted by molar-refractivity contribution is 0.0988. The third-order valence-corrected chi connectivity index (χ3v) is 4.66. The van der Waals surface area contributed by atoms with Gasteiger partial charge in [-0.05, 0) is 42.7 Å². The van der Waals surface area contributed by atoms with Gasteiger partial charge in [0.15, 0.2) is 0 Å². The number of benzene rings is 2. The van der Waals surface area contributed by atoms with Gasteiger partial charge in [0.2, 0.25) is 5.95 Å². The smallest absolute Gasteiger partial charge is 0.276 e. The Balaban J connectivity index is 1.65. The normalized spacial score (nSPS) is 13.2. The van der Waals surface area contributed by atoms with E-state index in [1.54, 1.807) is 24.2 Å². The molecule has 0 unspecified atom stereocenters. The minimum absolute atomic E-state index is 0.148. The summed E-state index contributed by atoms with van der Waals surface area (Å²) in [6, 6.07) is 19.5. The van der Waals surface area contributed by atoms with E-state index in [0.29, 0.717) is 11.6 Å². The minimum Gasteiger partial charge on any atom is -0.310 e. The van der Waals surface area contributed by atoms with Gasteiger partial charge < -0.3 is 9.80 Å². The number of anilines is 3. The second-order valence-electron chi connectivity index (χ2n) is 6.33. The first-order valence-electron chi connectivity index (χ1n) is 8.75. The lowest BCUT2D eigenvalue weighted by Crippen LogP contribution is -2.29. The van der Waals surface area contributed by atoms with Gasteiger partial charge in [-0.2, -0.15) is 0 Å². The fourth-order valence-corrected chi connectivity index (χ4v) is 3.28. The van der Waals surface area contributed by atoms with E-state index in [1.165, 1.54) is 5.56 Å². The summed E-state index contributed by atoms with van der Waals surface area (Å²) in [7, 11) is 1.76. The van der Waals surface area contributed by atoms with E-state index < -0.39 is 0 Å². The van der Waals surface area contributed by atoms with E-state index in [2.05, 4.69) is 33.1 Å². The van der Waals surface area contributed by atoms with Crippen molar-refractivity contribution in [3.8, 4) is 0 Å². The molecule has 0 saturated carbocycles. The summed E-state index contributed by atoms with van der Waals surface area (Å²) < 4.78 is 0. The molecule has 130 valence electrons. The largest absolute Gasteiger partial charge is 0.310 e. The quantitative estimate of drug-likeness (QED) is 0.724. The summed E-state index contributed by atoms with van der Waals surface area (Å²) in [6.07, 6.45) is 3.76. The molecule has 0 spiro atoms. The number of carbonyl (C=O) groups is 1. The van der Waals surface area contributed by atoms with Crippen molar-refractivity contribution in [3.05, 3.63) is 78.1 Å². The summed E-state index contributed by atoms with van der Waals surface area (Å²) in [5, 5.41) is 0. The van der Waals surface area contributed by atoms with Gasteiger partial charge in [0, 0.05) is 31.2 Å². The molecule has 1 aromatic heterocycles. The van der Waals surface area contributed by atoms with Gasteiger partial charge >= 0.3 is 0 Å². The first kappa shape index (κ1) is 16.3. The summed E-state index contributed by atoms with van der Waals surface area (Å²) in [5.41, 5.74) is 3.64. The second-order valence-corrected chi connectivity index (χ2v) is 6.33. The van der Waals surface area contributed by atoms with E-state index >= 15 is 0 Å². The van der Waals surface area contributed by atoms with Crippen molar-refractivity contribution in [3.63, 3.8) is 0 Å². The van der Waals surface area contributed by atoms with E-state index in [4.69, 9.17) is 0 Å². The van der Waals surface area contributed by atoms with Crippen LogP contribution in [-0.4, -0.2) is 29.5 Å². The number of aromatic nitrogens is 2. The van der Waals surface area contributed by atoms with Crippen molar-refractivity contribution in [1.82, 2.24) is 9.97 Å². The molecule has 0 saturated heterocycles. The Morgan fingerprint density at radius 3 is 2.65 bits per heavy atom. The number of aryl methyl sites for hydroxylation is 1. The SMILES string of the molecule is CN(C(=O)c1ccnc(N2CCCc3ccccc32)n1)c1ccccc1. The van der Waals surface area contributed by atoms with Crippen LogP contribution in [0.4, 0.5) is 17.3 Å². The molecule has 26 heavy (non-hydrogen) atoms. The number of para-hydroxylation sites is 2. The van der Waals surface area contributed by atoms with Crippen LogP contribution >= 0.6 is 0 Å². The Morgan fingerprint density at radius 2 is 1.81 bits per heavy atom. The zero-order chi connectivity index (χ0) is 17.9. The predicted molar refractivity (Wildman–Crippen MR) is 103 cm³/mol. The Morgan fingerprint density at radius 1 is 1.04 bits per heavy atom. The topological polar surface area (TPSA) is 49.3 Å². The van der Waals surface area contributed by atoms with Crippen LogP contribution in [0.3, 0.4) is 0 Å². The van der Waals surface area contributed by atoms with Gasteiger partial charge in [-0.3, -0.25) is 4.79 Å². The first-order chi connectivity index (χ1) is 12.7. The number of nitrogens with zero attached hydrogens (tertiary/aromatic N) is 4. The maximum Gasteiger partial charge on any atom is 0.276 e. The van der Waals surface area contributed by atoms with E-state index in [-0.39, 0.29) is 5.91 Å². The second kappa shape index (κ2) is 6.96. The summed E-state index contributed by atoms with van der Waals surface area (Å²) >= 11 is 0. The highest BCUT2D eigenvalue weighted by Crippen LogP contribution is 2.31. The predicted octanol–water partition coefficient (Wildman–Crippen LogP) is 3.84. The maximum atomic E-state index is 12.8. The van der Waals surface area contributed by atoms with Crippen LogP contribution in [0, 0.1) is 0 Å². The van der Waals surface area contributed by atoms with E-state index in [1.807, 2.05) is 36.4 Å². The number of hydrogen-bond donors (Lipinski definition) is 0. The van der Waals surface area contributed by atoms with E-state index in [0.717, 1.165) is 30.8 Å². The number of fused-ring (bicyclic) bond motifs is 1. The monoisotopic (exact) mass is 344 g/mol. The molecule has 5 heteroatoms. The molecule has 0 bridgehead atoms. The van der Waals surface area contributed by atoms with Gasteiger partial charge in [-0.25, -0.2) is 9.97 Å². The zero-order valence-corrected chi connectivity index (χ0v) is 14.7. The molecule has 2 aromatic carbocycles. The number of amides is 1. The fraction of sp³-hybridized carbons (Fsp3) is 0.190. The van der Waals surface area contributed by atoms with Crippen molar-refractivity contribution < 1.29 is 4.79 Å². The molecule has 0 fully saturated rings. The van der Waals surface area contributed by atoms with Crippen LogP contribution in [0.2, 0.25) is 0 Å². The Kier molecular flexibility index (Phi) is 4.35. The summed E-state index contributed by atoms with van der Waals surface area (Å²) in [4.78, 5) is 25.5. The van der Waals surface area contributed by atoms with Crippen LogP contribution in [-0.2, 0) is 6.42 Å². The van der Waals surface area contributed by atoms with Crippen molar-refractivity contribution in [2.24, 2.45) is 0 Å². The molecule has 5 nitrogen and oxygen atoms in total. The lowest BCUT2D eigenvalue weighted by atomic mass is 10.0. The number of hydrogen-bond acceptors (Lipinski definition) is 4. The van der Waals surface area contributed by atoms with Gasteiger partial charge in [0.1, 0.15) is 5.69 Å². The average molecular weight is 344 g/mol. The molecule has 2 heterocycles. The lowest BCUT2D eigenvalue weighted by Gasteiger charge is -2.29. The molecule has 4 rings (SSSR count). The van der Waals surface area contributed by atoms with Crippen LogP contribution < -0.4 is 9.80 Å². The maximum absolute atomic E-state index is 12.8. The summed E-state index contributed by atoms with van der Waals surface area (Å²) in [5.74, 6) is 0.426. The van der Waals surface area contributed by atoms with Gasteiger partial charge in [0.25, 0.3) is 5.91 Å². The molecule has 0 atom stereocenters. The summed E-state index contributed by atoms with van der Waals surface area (Å²) in [6.45, 7) is 0.850. The standard InChI is InChI=1S/C21H20N4O/c1-24(17-10-3-2-4-11-17)20(26)18-13-14-22-21(23-18)25-15-7-9-16-8-5-6-12-19(16)25/h2-6,8,10-14H,7,9,15H2,1H3. The van der Waals surface area contributed by atoms with Gasteiger partial charge in [-0.15, -0.1) is 0 Å². The number of rotatable bonds is 3. The van der Waals surface area contributed by atoms with Crippen LogP contribution in [0.1, 0.15) is 22.5 Å². The molecular weight excluding hydrogens is 324 g/mol. The third-order valence-electron chi connectivity index (χ3n) is 4.66.